The van der Waals surface area contributed by atoms with Crippen LogP contribution in [0.15, 0.2) is 60.7 Å². The second kappa shape index (κ2) is 11.2. The van der Waals surface area contributed by atoms with Crippen molar-refractivity contribution in [3.05, 3.63) is 71.8 Å². The molecule has 0 aromatic heterocycles. The molecule has 0 amide bonds. The highest BCUT2D eigenvalue weighted by Gasteiger charge is 2.33. The lowest BCUT2D eigenvalue weighted by Gasteiger charge is -2.40. The summed E-state index contributed by atoms with van der Waals surface area (Å²) in [4.78, 5) is 16.8. The van der Waals surface area contributed by atoms with E-state index in [1.807, 2.05) is 24.3 Å². The lowest BCUT2D eigenvalue weighted by Crippen LogP contribution is -2.55. The third kappa shape index (κ3) is 5.99. The number of nitrogens with zero attached hydrogens (tertiary/aromatic N) is 2. The molecule has 0 saturated carbocycles. The van der Waals surface area contributed by atoms with E-state index in [2.05, 4.69) is 46.2 Å². The molecule has 1 unspecified atom stereocenters. The Morgan fingerprint density at radius 1 is 0.923 bits per heavy atom. The Balaban J connectivity index is 0.00000169. The number of esters is 1. The Morgan fingerprint density at radius 2 is 1.46 bits per heavy atom. The molecule has 0 radical (unpaired) electrons. The minimum absolute atomic E-state index is 0. The Kier molecular flexibility index (Phi) is 9.66. The van der Waals surface area contributed by atoms with Gasteiger partial charge in [-0.15, -0.1) is 24.8 Å². The predicted octanol–water partition coefficient (Wildman–Crippen LogP) is 3.39. The molecule has 0 N–H and O–H groups in total. The van der Waals surface area contributed by atoms with Gasteiger partial charge in [0.15, 0.2) is 0 Å². The first-order valence-electron chi connectivity index (χ1n) is 8.38. The molecule has 1 saturated heterocycles. The minimum Gasteiger partial charge on any atom is -0.468 e. The molecule has 6 heteroatoms. The molecule has 1 fully saturated rings. The number of benzene rings is 2. The van der Waals surface area contributed by atoms with E-state index in [4.69, 9.17) is 4.74 Å². The van der Waals surface area contributed by atoms with E-state index in [0.29, 0.717) is 6.54 Å². The number of piperazine rings is 1. The van der Waals surface area contributed by atoms with Gasteiger partial charge in [-0.25, -0.2) is 0 Å². The zero-order valence-corrected chi connectivity index (χ0v) is 16.5. The van der Waals surface area contributed by atoms with E-state index >= 15 is 0 Å². The van der Waals surface area contributed by atoms with Crippen LogP contribution in [-0.4, -0.2) is 48.6 Å². The van der Waals surface area contributed by atoms with Crippen LogP contribution in [-0.2, 0) is 22.6 Å². The minimum atomic E-state index is -0.215. The van der Waals surface area contributed by atoms with Gasteiger partial charge in [0.25, 0.3) is 0 Å². The van der Waals surface area contributed by atoms with Crippen molar-refractivity contribution in [1.29, 1.82) is 0 Å². The Morgan fingerprint density at radius 3 is 2.00 bits per heavy atom. The first-order valence-corrected chi connectivity index (χ1v) is 8.38. The van der Waals surface area contributed by atoms with E-state index < -0.39 is 0 Å². The Bertz CT molecular complexity index is 655. The van der Waals surface area contributed by atoms with Gasteiger partial charge >= 0.3 is 5.97 Å². The summed E-state index contributed by atoms with van der Waals surface area (Å²) in [7, 11) is 1.47. The summed E-state index contributed by atoms with van der Waals surface area (Å²) in [6, 6.07) is 20.5. The first kappa shape index (κ1) is 22.5. The zero-order chi connectivity index (χ0) is 16.8. The van der Waals surface area contributed by atoms with Crippen LogP contribution in [0.4, 0.5) is 0 Å². The molecule has 1 aliphatic rings. The van der Waals surface area contributed by atoms with E-state index in [1.165, 1.54) is 18.2 Å². The van der Waals surface area contributed by atoms with Crippen LogP contribution in [0, 0.1) is 0 Å². The second-order valence-electron chi connectivity index (χ2n) is 6.22. The van der Waals surface area contributed by atoms with E-state index in [0.717, 1.165) is 26.2 Å². The summed E-state index contributed by atoms with van der Waals surface area (Å²) < 4.78 is 5.05. The van der Waals surface area contributed by atoms with Gasteiger partial charge in [-0.1, -0.05) is 60.7 Å². The summed E-state index contributed by atoms with van der Waals surface area (Å²) in [5.74, 6) is -0.149. The number of hydrogen-bond donors (Lipinski definition) is 0. The lowest BCUT2D eigenvalue weighted by atomic mass is 10.1. The van der Waals surface area contributed by atoms with Crippen molar-refractivity contribution in [2.45, 2.75) is 19.1 Å². The summed E-state index contributed by atoms with van der Waals surface area (Å²) in [6.45, 7) is 4.17. The van der Waals surface area contributed by atoms with Crippen LogP contribution in [0.3, 0.4) is 0 Å². The topological polar surface area (TPSA) is 32.8 Å². The summed E-state index contributed by atoms with van der Waals surface area (Å²) in [6.07, 6.45) is 0. The number of hydrogen-bond acceptors (Lipinski definition) is 4. The lowest BCUT2D eigenvalue weighted by molar-refractivity contribution is -0.150. The van der Waals surface area contributed by atoms with Gasteiger partial charge < -0.3 is 4.74 Å². The fourth-order valence-corrected chi connectivity index (χ4v) is 3.23. The number of methoxy groups -OCH3 is 1. The Labute approximate surface area is 168 Å². The molecule has 26 heavy (non-hydrogen) atoms. The third-order valence-electron chi connectivity index (χ3n) is 4.53. The highest BCUT2D eigenvalue weighted by molar-refractivity contribution is 5.85. The SMILES string of the molecule is COC(=O)C1CN(Cc2ccccc2)CCN1Cc1ccccc1.Cl.Cl. The Hall–Kier alpha value is -1.59. The van der Waals surface area contributed by atoms with Crippen molar-refractivity contribution in [2.24, 2.45) is 0 Å². The van der Waals surface area contributed by atoms with Crippen LogP contribution in [0.1, 0.15) is 11.1 Å². The monoisotopic (exact) mass is 396 g/mol. The van der Waals surface area contributed by atoms with E-state index in [9.17, 15) is 4.79 Å². The van der Waals surface area contributed by atoms with E-state index in [1.54, 1.807) is 0 Å². The first-order chi connectivity index (χ1) is 11.8. The zero-order valence-electron chi connectivity index (χ0n) is 14.9. The maximum atomic E-state index is 12.3. The maximum Gasteiger partial charge on any atom is 0.324 e. The number of halogens is 2. The van der Waals surface area contributed by atoms with Crippen LogP contribution in [0.5, 0.6) is 0 Å². The van der Waals surface area contributed by atoms with Gasteiger partial charge in [-0.05, 0) is 11.1 Å². The van der Waals surface area contributed by atoms with Gasteiger partial charge in [0.2, 0.25) is 0 Å². The molecule has 1 heterocycles. The number of carbonyl (C=O) groups excluding carboxylic acids is 1. The molecule has 0 bridgehead atoms. The number of rotatable bonds is 5. The molecule has 0 spiro atoms. The smallest absolute Gasteiger partial charge is 0.324 e. The van der Waals surface area contributed by atoms with Gasteiger partial charge in [0.05, 0.1) is 7.11 Å². The van der Waals surface area contributed by atoms with Crippen molar-refractivity contribution in [3.8, 4) is 0 Å². The molecule has 2 aromatic carbocycles. The highest BCUT2D eigenvalue weighted by Crippen LogP contribution is 2.17. The molecule has 1 atom stereocenters. The molecular formula is C20H26Cl2N2O2. The van der Waals surface area contributed by atoms with Crippen molar-refractivity contribution in [2.75, 3.05) is 26.7 Å². The second-order valence-corrected chi connectivity index (χ2v) is 6.22. The standard InChI is InChI=1S/C20H24N2O2.2ClH/c1-24-20(23)19-16-21(14-17-8-4-2-5-9-17)12-13-22(19)15-18-10-6-3-7-11-18;;/h2-11,19H,12-16H2,1H3;2*1H. The summed E-state index contributed by atoms with van der Waals surface area (Å²) >= 11 is 0. The molecule has 142 valence electrons. The van der Waals surface area contributed by atoms with Gasteiger partial charge in [-0.2, -0.15) is 0 Å². The van der Waals surface area contributed by atoms with Gasteiger partial charge in [0, 0.05) is 32.7 Å². The highest BCUT2D eigenvalue weighted by atomic mass is 35.5. The van der Waals surface area contributed by atoms with Gasteiger partial charge in [0.1, 0.15) is 6.04 Å². The number of carbonyl (C=O) groups is 1. The van der Waals surface area contributed by atoms with Crippen molar-refractivity contribution >= 4 is 30.8 Å². The van der Waals surface area contributed by atoms with Crippen molar-refractivity contribution in [3.63, 3.8) is 0 Å². The maximum absolute atomic E-state index is 12.3. The molecular weight excluding hydrogens is 371 g/mol. The van der Waals surface area contributed by atoms with Crippen LogP contribution >= 0.6 is 24.8 Å². The van der Waals surface area contributed by atoms with Crippen LogP contribution < -0.4 is 0 Å². The predicted molar refractivity (Wildman–Crippen MR) is 109 cm³/mol. The molecule has 1 aliphatic heterocycles. The fourth-order valence-electron chi connectivity index (χ4n) is 3.23. The average Bonchev–Trinajstić information content (AvgIpc) is 2.64. The average molecular weight is 397 g/mol. The van der Waals surface area contributed by atoms with Crippen molar-refractivity contribution in [1.82, 2.24) is 9.80 Å². The van der Waals surface area contributed by atoms with Crippen molar-refractivity contribution < 1.29 is 9.53 Å². The van der Waals surface area contributed by atoms with E-state index in [-0.39, 0.29) is 36.8 Å². The summed E-state index contributed by atoms with van der Waals surface area (Å²) in [5.41, 5.74) is 2.50. The van der Waals surface area contributed by atoms with Crippen LogP contribution in [0.2, 0.25) is 0 Å². The molecule has 3 rings (SSSR count). The molecule has 2 aromatic rings. The largest absolute Gasteiger partial charge is 0.468 e. The fraction of sp³-hybridized carbons (Fsp3) is 0.350. The molecule has 0 aliphatic carbocycles. The van der Waals surface area contributed by atoms with Gasteiger partial charge in [-0.3, -0.25) is 14.6 Å². The summed E-state index contributed by atoms with van der Waals surface area (Å²) in [5, 5.41) is 0. The quantitative estimate of drug-likeness (QED) is 0.725. The van der Waals surface area contributed by atoms with Crippen LogP contribution in [0.25, 0.3) is 0 Å². The number of ether oxygens (including phenoxy) is 1. The molecule has 4 nitrogen and oxygen atoms in total. The normalized spacial score (nSPS) is 17.7. The third-order valence-corrected chi connectivity index (χ3v) is 4.53.